The number of carbonyl (C=O) groups is 2. The molecule has 5 heteroatoms. The molecule has 78 valence electrons. The first-order valence-electron chi connectivity index (χ1n) is 4.97. The van der Waals surface area contributed by atoms with Crippen molar-refractivity contribution in [1.29, 1.82) is 0 Å². The van der Waals surface area contributed by atoms with Gasteiger partial charge in [0.2, 0.25) is 5.91 Å². The minimum Gasteiger partial charge on any atom is -0.480 e. The van der Waals surface area contributed by atoms with E-state index in [9.17, 15) is 9.59 Å². The van der Waals surface area contributed by atoms with Gasteiger partial charge in [0.05, 0.1) is 6.04 Å². The van der Waals surface area contributed by atoms with Crippen molar-refractivity contribution < 1.29 is 14.7 Å². The van der Waals surface area contributed by atoms with E-state index in [0.29, 0.717) is 13.0 Å². The summed E-state index contributed by atoms with van der Waals surface area (Å²) in [6, 6.07) is -0.722. The molecule has 0 saturated carbocycles. The normalized spacial score (nSPS) is 31.3. The molecule has 0 aliphatic carbocycles. The van der Waals surface area contributed by atoms with E-state index >= 15 is 0 Å². The Labute approximate surface area is 82.1 Å². The van der Waals surface area contributed by atoms with Crippen LogP contribution in [-0.2, 0) is 9.59 Å². The maximum absolute atomic E-state index is 11.7. The van der Waals surface area contributed by atoms with Gasteiger partial charge >= 0.3 is 5.97 Å². The van der Waals surface area contributed by atoms with Crippen LogP contribution < -0.4 is 5.32 Å². The van der Waals surface area contributed by atoms with E-state index in [4.69, 9.17) is 5.11 Å². The Kier molecular flexibility index (Phi) is 2.41. The smallest absolute Gasteiger partial charge is 0.326 e. The van der Waals surface area contributed by atoms with Crippen molar-refractivity contribution in [3.8, 4) is 0 Å². The second-order valence-electron chi connectivity index (χ2n) is 3.82. The molecule has 1 unspecified atom stereocenters. The summed E-state index contributed by atoms with van der Waals surface area (Å²) >= 11 is 0. The average Bonchev–Trinajstić information content (AvgIpc) is 2.47. The molecule has 14 heavy (non-hydrogen) atoms. The third-order valence-corrected chi connectivity index (χ3v) is 2.94. The van der Waals surface area contributed by atoms with Gasteiger partial charge in [-0.25, -0.2) is 4.79 Å². The van der Waals surface area contributed by atoms with E-state index in [-0.39, 0.29) is 11.9 Å². The lowest BCUT2D eigenvalue weighted by Crippen LogP contribution is -2.56. The van der Waals surface area contributed by atoms with Gasteiger partial charge in [-0.2, -0.15) is 0 Å². The summed E-state index contributed by atoms with van der Waals surface area (Å²) in [7, 11) is 0. The van der Waals surface area contributed by atoms with E-state index in [2.05, 4.69) is 5.32 Å². The van der Waals surface area contributed by atoms with Gasteiger partial charge in [0.25, 0.3) is 0 Å². The molecule has 2 heterocycles. The van der Waals surface area contributed by atoms with E-state index in [1.807, 2.05) is 0 Å². The molecule has 2 saturated heterocycles. The monoisotopic (exact) mass is 198 g/mol. The van der Waals surface area contributed by atoms with E-state index < -0.39 is 12.0 Å². The molecule has 2 fully saturated rings. The van der Waals surface area contributed by atoms with E-state index in [1.54, 1.807) is 0 Å². The highest BCUT2D eigenvalue weighted by atomic mass is 16.4. The standard InChI is InChI=1S/C9H14N2O3/c12-8(6-3-4-10-6)11-5-1-2-7(11)9(13)14/h6-7,10H,1-5H2,(H,13,14)/t6?,7-/m1/s1. The number of carboxylic acid groups (broad SMARTS) is 1. The van der Waals surface area contributed by atoms with E-state index in [1.165, 1.54) is 4.90 Å². The molecule has 0 radical (unpaired) electrons. The fourth-order valence-electron chi connectivity index (χ4n) is 1.99. The SMILES string of the molecule is O=C(O)[C@H]1CCCN1C(=O)C1CCN1. The lowest BCUT2D eigenvalue weighted by Gasteiger charge is -2.32. The summed E-state index contributed by atoms with van der Waals surface area (Å²) in [6.45, 7) is 1.45. The summed E-state index contributed by atoms with van der Waals surface area (Å²) in [5, 5.41) is 11.9. The van der Waals surface area contributed by atoms with Gasteiger partial charge < -0.3 is 15.3 Å². The molecule has 2 N–H and O–H groups in total. The number of nitrogens with one attached hydrogen (secondary N) is 1. The Balaban J connectivity index is 2.01. The number of likely N-dealkylation sites (tertiary alicyclic amines) is 1. The van der Waals surface area contributed by atoms with Crippen molar-refractivity contribution in [3.63, 3.8) is 0 Å². The minimum atomic E-state index is -0.879. The van der Waals surface area contributed by atoms with Crippen molar-refractivity contribution in [2.24, 2.45) is 0 Å². The van der Waals surface area contributed by atoms with Crippen LogP contribution in [0.25, 0.3) is 0 Å². The van der Waals surface area contributed by atoms with E-state index in [0.717, 1.165) is 19.4 Å². The molecule has 2 atom stereocenters. The largest absolute Gasteiger partial charge is 0.480 e. The number of nitrogens with zero attached hydrogens (tertiary/aromatic N) is 1. The van der Waals surface area contributed by atoms with Crippen LogP contribution in [0.2, 0.25) is 0 Å². The van der Waals surface area contributed by atoms with Crippen LogP contribution in [0.5, 0.6) is 0 Å². The number of carbonyl (C=O) groups excluding carboxylic acids is 1. The maximum Gasteiger partial charge on any atom is 0.326 e. The fourth-order valence-corrected chi connectivity index (χ4v) is 1.99. The van der Waals surface area contributed by atoms with Crippen LogP contribution in [0.3, 0.4) is 0 Å². The average molecular weight is 198 g/mol. The Bertz CT molecular complexity index is 263. The van der Waals surface area contributed by atoms with Gasteiger partial charge in [0.1, 0.15) is 6.04 Å². The number of hydrogen-bond donors (Lipinski definition) is 2. The van der Waals surface area contributed by atoms with Gasteiger partial charge in [-0.15, -0.1) is 0 Å². The lowest BCUT2D eigenvalue weighted by atomic mass is 10.1. The summed E-state index contributed by atoms with van der Waals surface area (Å²) < 4.78 is 0. The molecule has 5 nitrogen and oxygen atoms in total. The number of amides is 1. The predicted octanol–water partition coefficient (Wildman–Crippen LogP) is -0.576. The number of rotatable bonds is 2. The van der Waals surface area contributed by atoms with Crippen molar-refractivity contribution in [3.05, 3.63) is 0 Å². The number of carboxylic acids is 1. The minimum absolute atomic E-state index is 0.0406. The molecule has 0 aromatic heterocycles. The zero-order valence-corrected chi connectivity index (χ0v) is 7.90. The van der Waals surface area contributed by atoms with Gasteiger partial charge in [-0.1, -0.05) is 0 Å². The van der Waals surface area contributed by atoms with Crippen LogP contribution in [0.15, 0.2) is 0 Å². The van der Waals surface area contributed by atoms with Crippen molar-refractivity contribution >= 4 is 11.9 Å². The first-order valence-corrected chi connectivity index (χ1v) is 4.97. The van der Waals surface area contributed by atoms with Gasteiger partial charge in [0, 0.05) is 6.54 Å². The summed E-state index contributed by atoms with van der Waals surface area (Å²) in [6.07, 6.45) is 2.23. The van der Waals surface area contributed by atoms with Gasteiger partial charge in [-0.3, -0.25) is 4.79 Å². The molecule has 0 aromatic carbocycles. The Morgan fingerprint density at radius 2 is 2.07 bits per heavy atom. The van der Waals surface area contributed by atoms with Crippen LogP contribution in [-0.4, -0.2) is 47.1 Å². The first kappa shape index (κ1) is 9.45. The quantitative estimate of drug-likeness (QED) is 0.623. The zero-order chi connectivity index (χ0) is 10.1. The Morgan fingerprint density at radius 3 is 2.57 bits per heavy atom. The second-order valence-corrected chi connectivity index (χ2v) is 3.82. The molecule has 2 aliphatic heterocycles. The van der Waals surface area contributed by atoms with Crippen LogP contribution in [0.1, 0.15) is 19.3 Å². The third kappa shape index (κ3) is 1.48. The molecule has 0 aromatic rings. The summed E-state index contributed by atoms with van der Waals surface area (Å²) in [4.78, 5) is 24.1. The molecule has 2 aliphatic rings. The van der Waals surface area contributed by atoms with Crippen molar-refractivity contribution in [2.75, 3.05) is 13.1 Å². The van der Waals surface area contributed by atoms with Crippen LogP contribution in [0, 0.1) is 0 Å². The highest BCUT2D eigenvalue weighted by Crippen LogP contribution is 2.20. The molecule has 0 spiro atoms. The predicted molar refractivity (Wildman–Crippen MR) is 48.8 cm³/mol. The molecule has 2 rings (SSSR count). The first-order chi connectivity index (χ1) is 6.70. The topological polar surface area (TPSA) is 69.6 Å². The van der Waals surface area contributed by atoms with Crippen LogP contribution in [0.4, 0.5) is 0 Å². The van der Waals surface area contributed by atoms with Gasteiger partial charge in [-0.05, 0) is 25.8 Å². The summed E-state index contributed by atoms with van der Waals surface area (Å²) in [5.74, 6) is -0.920. The highest BCUT2D eigenvalue weighted by Gasteiger charge is 2.38. The molecular formula is C9H14N2O3. The second kappa shape index (κ2) is 3.57. The van der Waals surface area contributed by atoms with Crippen molar-refractivity contribution in [1.82, 2.24) is 10.2 Å². The summed E-state index contributed by atoms with van der Waals surface area (Å²) in [5.41, 5.74) is 0. The Hall–Kier alpha value is -1.10. The maximum atomic E-state index is 11.7. The number of aliphatic carboxylic acids is 1. The zero-order valence-electron chi connectivity index (χ0n) is 7.90. The third-order valence-electron chi connectivity index (χ3n) is 2.94. The lowest BCUT2D eigenvalue weighted by molar-refractivity contribution is -0.149. The van der Waals surface area contributed by atoms with Crippen molar-refractivity contribution in [2.45, 2.75) is 31.3 Å². The molecule has 1 amide bonds. The highest BCUT2D eigenvalue weighted by molar-refractivity contribution is 5.88. The van der Waals surface area contributed by atoms with Gasteiger partial charge in [0.15, 0.2) is 0 Å². The Morgan fingerprint density at radius 1 is 1.36 bits per heavy atom. The fraction of sp³-hybridized carbons (Fsp3) is 0.778. The molecule has 0 bridgehead atoms. The number of hydrogen-bond acceptors (Lipinski definition) is 3. The molecular weight excluding hydrogens is 184 g/mol. The van der Waals surface area contributed by atoms with Crippen LogP contribution >= 0.6 is 0 Å².